The molecule has 8 heteroatoms. The van der Waals surface area contributed by atoms with Crippen LogP contribution < -0.4 is 14.8 Å². The van der Waals surface area contributed by atoms with Gasteiger partial charge >= 0.3 is 11.9 Å². The zero-order valence-corrected chi connectivity index (χ0v) is 17.6. The minimum atomic E-state index is -0.588. The Bertz CT molecular complexity index is 1080. The van der Waals surface area contributed by atoms with Crippen molar-refractivity contribution < 1.29 is 28.6 Å². The van der Waals surface area contributed by atoms with E-state index < -0.39 is 5.97 Å². The molecule has 8 nitrogen and oxygen atoms in total. The van der Waals surface area contributed by atoms with E-state index in [9.17, 15) is 14.4 Å². The highest BCUT2D eigenvalue weighted by molar-refractivity contribution is 6.13. The summed E-state index contributed by atoms with van der Waals surface area (Å²) in [6.45, 7) is 4.90. The number of hydrogen-bond donors (Lipinski definition) is 1. The summed E-state index contributed by atoms with van der Waals surface area (Å²) in [5, 5.41) is 2.66. The number of aliphatic imine (C=N–C) groups is 1. The SMILES string of the molecule is COc1cc(C=C2N=C(c3ccc(NC(C)=O)cc3)OC2=O)ccc1OC(=O)C(C)C. The van der Waals surface area contributed by atoms with Crippen LogP contribution in [-0.4, -0.2) is 30.9 Å². The molecule has 160 valence electrons. The summed E-state index contributed by atoms with van der Waals surface area (Å²) in [7, 11) is 1.46. The van der Waals surface area contributed by atoms with Crippen LogP contribution in [0, 0.1) is 5.92 Å². The zero-order chi connectivity index (χ0) is 22.5. The Morgan fingerprint density at radius 3 is 2.42 bits per heavy atom. The monoisotopic (exact) mass is 422 g/mol. The number of cyclic esters (lactones) is 1. The molecule has 0 unspecified atom stereocenters. The molecule has 3 rings (SSSR count). The summed E-state index contributed by atoms with van der Waals surface area (Å²) in [6, 6.07) is 11.7. The van der Waals surface area contributed by atoms with Crippen molar-refractivity contribution in [2.75, 3.05) is 12.4 Å². The molecule has 0 fully saturated rings. The molecule has 31 heavy (non-hydrogen) atoms. The summed E-state index contributed by atoms with van der Waals surface area (Å²) in [5.41, 5.74) is 1.97. The maximum atomic E-state index is 12.3. The zero-order valence-electron chi connectivity index (χ0n) is 17.6. The molecule has 0 aromatic heterocycles. The number of rotatable bonds is 6. The minimum Gasteiger partial charge on any atom is -0.493 e. The van der Waals surface area contributed by atoms with Gasteiger partial charge in [-0.15, -0.1) is 0 Å². The molecule has 0 bridgehead atoms. The highest BCUT2D eigenvalue weighted by Crippen LogP contribution is 2.30. The molecule has 1 amide bonds. The van der Waals surface area contributed by atoms with E-state index in [0.29, 0.717) is 28.3 Å². The summed E-state index contributed by atoms with van der Waals surface area (Å²) in [4.78, 5) is 39.5. The van der Waals surface area contributed by atoms with E-state index in [-0.39, 0.29) is 29.4 Å². The van der Waals surface area contributed by atoms with Gasteiger partial charge in [0.25, 0.3) is 0 Å². The quantitative estimate of drug-likeness (QED) is 0.434. The Morgan fingerprint density at radius 1 is 1.10 bits per heavy atom. The van der Waals surface area contributed by atoms with Crippen LogP contribution in [0.1, 0.15) is 31.9 Å². The molecule has 0 aliphatic carbocycles. The fraction of sp³-hybridized carbons (Fsp3) is 0.217. The van der Waals surface area contributed by atoms with Crippen LogP contribution in [0.4, 0.5) is 5.69 Å². The molecule has 1 heterocycles. The number of ether oxygens (including phenoxy) is 3. The Kier molecular flexibility index (Phi) is 6.49. The third-order valence-electron chi connectivity index (χ3n) is 4.25. The first-order chi connectivity index (χ1) is 14.8. The number of esters is 2. The summed E-state index contributed by atoms with van der Waals surface area (Å²) in [6.07, 6.45) is 1.55. The van der Waals surface area contributed by atoms with Gasteiger partial charge in [-0.2, -0.15) is 0 Å². The van der Waals surface area contributed by atoms with Crippen LogP contribution in [-0.2, 0) is 19.1 Å². The molecule has 0 radical (unpaired) electrons. The van der Waals surface area contributed by atoms with Crippen molar-refractivity contribution in [2.24, 2.45) is 10.9 Å². The molecular formula is C23H22N2O6. The molecular weight excluding hydrogens is 400 g/mol. The Hall–Kier alpha value is -3.94. The van der Waals surface area contributed by atoms with E-state index in [1.54, 1.807) is 62.4 Å². The van der Waals surface area contributed by atoms with Crippen LogP contribution >= 0.6 is 0 Å². The molecule has 2 aromatic carbocycles. The number of anilines is 1. The number of hydrogen-bond acceptors (Lipinski definition) is 7. The third-order valence-corrected chi connectivity index (χ3v) is 4.25. The maximum Gasteiger partial charge on any atom is 0.363 e. The molecule has 1 aliphatic rings. The lowest BCUT2D eigenvalue weighted by atomic mass is 10.1. The Balaban J connectivity index is 1.82. The summed E-state index contributed by atoms with van der Waals surface area (Å²) < 4.78 is 15.9. The van der Waals surface area contributed by atoms with Crippen molar-refractivity contribution in [2.45, 2.75) is 20.8 Å². The molecule has 1 aliphatic heterocycles. The molecule has 1 N–H and O–H groups in total. The van der Waals surface area contributed by atoms with Crippen molar-refractivity contribution in [3.8, 4) is 11.5 Å². The molecule has 2 aromatic rings. The second-order valence-corrected chi connectivity index (χ2v) is 7.08. The van der Waals surface area contributed by atoms with E-state index in [0.717, 1.165) is 0 Å². The second-order valence-electron chi connectivity index (χ2n) is 7.08. The highest BCUT2D eigenvalue weighted by atomic mass is 16.6. The van der Waals surface area contributed by atoms with Crippen molar-refractivity contribution >= 4 is 35.5 Å². The van der Waals surface area contributed by atoms with Gasteiger partial charge in [0, 0.05) is 18.2 Å². The van der Waals surface area contributed by atoms with Crippen molar-refractivity contribution in [3.63, 3.8) is 0 Å². The highest BCUT2D eigenvalue weighted by Gasteiger charge is 2.24. The largest absolute Gasteiger partial charge is 0.493 e. The lowest BCUT2D eigenvalue weighted by Gasteiger charge is -2.11. The normalized spacial score (nSPS) is 14.3. The Morgan fingerprint density at radius 2 is 1.81 bits per heavy atom. The van der Waals surface area contributed by atoms with E-state index in [2.05, 4.69) is 10.3 Å². The van der Waals surface area contributed by atoms with Gasteiger partial charge in [-0.05, 0) is 48.0 Å². The number of carbonyl (C=O) groups is 3. The number of amides is 1. The fourth-order valence-electron chi connectivity index (χ4n) is 2.67. The van der Waals surface area contributed by atoms with Crippen molar-refractivity contribution in [1.29, 1.82) is 0 Å². The van der Waals surface area contributed by atoms with Crippen LogP contribution in [0.3, 0.4) is 0 Å². The maximum absolute atomic E-state index is 12.3. The van der Waals surface area contributed by atoms with Crippen LogP contribution in [0.25, 0.3) is 6.08 Å². The van der Waals surface area contributed by atoms with E-state index in [1.807, 2.05) is 0 Å². The van der Waals surface area contributed by atoms with Gasteiger partial charge in [-0.1, -0.05) is 19.9 Å². The predicted molar refractivity (Wildman–Crippen MR) is 115 cm³/mol. The number of benzene rings is 2. The van der Waals surface area contributed by atoms with Gasteiger partial charge in [0.15, 0.2) is 17.2 Å². The third kappa shape index (κ3) is 5.36. The average molecular weight is 422 g/mol. The first-order valence-corrected chi connectivity index (χ1v) is 9.57. The summed E-state index contributed by atoms with van der Waals surface area (Å²) >= 11 is 0. The van der Waals surface area contributed by atoms with E-state index in [4.69, 9.17) is 14.2 Å². The van der Waals surface area contributed by atoms with E-state index >= 15 is 0 Å². The molecule has 0 spiro atoms. The van der Waals surface area contributed by atoms with Gasteiger partial charge in [0.2, 0.25) is 11.8 Å². The first-order valence-electron chi connectivity index (χ1n) is 9.57. The lowest BCUT2D eigenvalue weighted by molar-refractivity contribution is -0.138. The first kappa shape index (κ1) is 21.8. The molecule has 0 saturated heterocycles. The predicted octanol–water partition coefficient (Wildman–Crippen LogP) is 3.56. The standard InChI is InChI=1S/C23H22N2O6/c1-13(2)22(27)30-19-10-5-15(12-20(19)29-4)11-18-23(28)31-21(25-18)16-6-8-17(9-7-16)24-14(3)26/h5-13H,1-4H3,(H,24,26). The number of nitrogens with one attached hydrogen (secondary N) is 1. The molecule has 0 atom stereocenters. The van der Waals surface area contributed by atoms with Gasteiger partial charge in [0.05, 0.1) is 13.0 Å². The van der Waals surface area contributed by atoms with Gasteiger partial charge in [-0.25, -0.2) is 9.79 Å². The number of nitrogens with zero attached hydrogens (tertiary/aromatic N) is 1. The topological polar surface area (TPSA) is 103 Å². The lowest BCUT2D eigenvalue weighted by Crippen LogP contribution is -2.15. The van der Waals surface area contributed by atoms with Crippen molar-refractivity contribution in [3.05, 3.63) is 59.3 Å². The fourth-order valence-corrected chi connectivity index (χ4v) is 2.67. The smallest absolute Gasteiger partial charge is 0.363 e. The Labute approximate surface area is 179 Å². The van der Waals surface area contributed by atoms with Crippen LogP contribution in [0.5, 0.6) is 11.5 Å². The van der Waals surface area contributed by atoms with Gasteiger partial charge < -0.3 is 19.5 Å². The summed E-state index contributed by atoms with van der Waals surface area (Å²) in [5.74, 6) is -0.603. The van der Waals surface area contributed by atoms with Gasteiger partial charge in [-0.3, -0.25) is 9.59 Å². The van der Waals surface area contributed by atoms with Crippen LogP contribution in [0.2, 0.25) is 0 Å². The number of methoxy groups -OCH3 is 1. The van der Waals surface area contributed by atoms with Crippen LogP contribution in [0.15, 0.2) is 53.2 Å². The van der Waals surface area contributed by atoms with E-state index in [1.165, 1.54) is 14.0 Å². The number of carbonyl (C=O) groups excluding carboxylic acids is 3. The average Bonchev–Trinajstić information content (AvgIpc) is 3.09. The molecule has 0 saturated carbocycles. The van der Waals surface area contributed by atoms with Crippen molar-refractivity contribution in [1.82, 2.24) is 0 Å². The second kappa shape index (κ2) is 9.25. The van der Waals surface area contributed by atoms with Gasteiger partial charge in [0.1, 0.15) is 0 Å². The minimum absolute atomic E-state index is 0.120.